The lowest BCUT2D eigenvalue weighted by Gasteiger charge is -2.38. The van der Waals surface area contributed by atoms with Gasteiger partial charge in [-0.25, -0.2) is 0 Å². The number of amides is 1. The number of likely N-dealkylation sites (tertiary alicyclic amines) is 2. The van der Waals surface area contributed by atoms with E-state index in [0.717, 1.165) is 58.4 Å². The molecule has 4 aliphatic rings. The summed E-state index contributed by atoms with van der Waals surface area (Å²) in [6, 6.07) is 23.6. The molecule has 0 aromatic heterocycles. The molecule has 50 heavy (non-hydrogen) atoms. The lowest BCUT2D eigenvalue weighted by molar-refractivity contribution is 0.0779. The van der Waals surface area contributed by atoms with Gasteiger partial charge in [0.15, 0.2) is 17.8 Å². The lowest BCUT2D eigenvalue weighted by atomic mass is 9.76. The summed E-state index contributed by atoms with van der Waals surface area (Å²) in [5.74, 6) is 1.47. The van der Waals surface area contributed by atoms with Crippen LogP contribution in [0.3, 0.4) is 0 Å². The number of rotatable bonds is 10. The van der Waals surface area contributed by atoms with E-state index in [1.807, 2.05) is 4.90 Å². The summed E-state index contributed by atoms with van der Waals surface area (Å²) in [5.41, 5.74) is 4.51. The van der Waals surface area contributed by atoms with Gasteiger partial charge in [-0.3, -0.25) is 14.7 Å². The summed E-state index contributed by atoms with van der Waals surface area (Å²) in [4.78, 5) is 23.5. The fourth-order valence-electron chi connectivity index (χ4n) is 7.98. The van der Waals surface area contributed by atoms with Gasteiger partial charge in [0, 0.05) is 43.2 Å². The van der Waals surface area contributed by atoms with Crippen molar-refractivity contribution in [2.75, 3.05) is 83.2 Å². The SMILES string of the molecule is COc1cc(C(=O)N2CCC(CCN3CCC(NC4N5CCN4c4ccccc45)CC3)(c3ccccc3)C2)cc(OC)c1OC.CS(=O)(=O)O. The molecule has 7 rings (SSSR count). The van der Waals surface area contributed by atoms with Crippen molar-refractivity contribution in [3.63, 3.8) is 0 Å². The molecule has 12 nitrogen and oxygen atoms in total. The first kappa shape index (κ1) is 35.8. The summed E-state index contributed by atoms with van der Waals surface area (Å²) < 4.78 is 42.4. The highest BCUT2D eigenvalue weighted by molar-refractivity contribution is 7.85. The van der Waals surface area contributed by atoms with Gasteiger partial charge in [0.05, 0.1) is 39.0 Å². The highest BCUT2D eigenvalue weighted by Gasteiger charge is 2.43. The number of anilines is 2. The minimum atomic E-state index is -3.67. The minimum absolute atomic E-state index is 0.00606. The van der Waals surface area contributed by atoms with Gasteiger partial charge in [-0.1, -0.05) is 42.5 Å². The molecule has 0 radical (unpaired) electrons. The van der Waals surface area contributed by atoms with Crippen molar-refractivity contribution < 1.29 is 32.0 Å². The number of hydrogen-bond donors (Lipinski definition) is 2. The molecule has 270 valence electrons. The Hall–Kier alpha value is -4.04. The average Bonchev–Trinajstić information content (AvgIpc) is 3.83. The zero-order valence-corrected chi connectivity index (χ0v) is 30.2. The molecule has 13 heteroatoms. The van der Waals surface area contributed by atoms with E-state index in [4.69, 9.17) is 18.8 Å². The van der Waals surface area contributed by atoms with Crippen LogP contribution in [0.15, 0.2) is 66.7 Å². The van der Waals surface area contributed by atoms with Crippen molar-refractivity contribution in [2.45, 2.75) is 43.4 Å². The fraction of sp³-hybridized carbons (Fsp3) is 0.486. The highest BCUT2D eigenvalue weighted by atomic mass is 32.2. The summed E-state index contributed by atoms with van der Waals surface area (Å²) in [7, 11) is 1.06. The Bertz CT molecular complexity index is 1690. The van der Waals surface area contributed by atoms with Crippen molar-refractivity contribution in [3.8, 4) is 17.2 Å². The third-order valence-corrected chi connectivity index (χ3v) is 10.5. The third-order valence-electron chi connectivity index (χ3n) is 10.5. The van der Waals surface area contributed by atoms with Crippen LogP contribution in [0.1, 0.15) is 41.6 Å². The van der Waals surface area contributed by atoms with Crippen LogP contribution in [0.2, 0.25) is 0 Å². The predicted octanol–water partition coefficient (Wildman–Crippen LogP) is 4.07. The number of hydrogen-bond acceptors (Lipinski definition) is 10. The van der Waals surface area contributed by atoms with Crippen LogP contribution in [0.4, 0.5) is 11.4 Å². The van der Waals surface area contributed by atoms with Gasteiger partial charge in [0.25, 0.3) is 16.0 Å². The zero-order chi connectivity index (χ0) is 35.5. The normalized spacial score (nSPS) is 20.8. The molecule has 1 unspecified atom stereocenters. The lowest BCUT2D eigenvalue weighted by Crippen LogP contribution is -2.53. The van der Waals surface area contributed by atoms with Crippen LogP contribution in [0.25, 0.3) is 0 Å². The van der Waals surface area contributed by atoms with Crippen LogP contribution in [-0.4, -0.2) is 114 Å². The first-order valence-electron chi connectivity index (χ1n) is 17.2. The molecule has 3 saturated heterocycles. The second kappa shape index (κ2) is 15.1. The van der Waals surface area contributed by atoms with Crippen molar-refractivity contribution in [1.29, 1.82) is 0 Å². The number of fused-ring (bicyclic) bond motifs is 5. The zero-order valence-electron chi connectivity index (χ0n) is 29.4. The number of nitrogens with one attached hydrogen (secondary N) is 1. The molecule has 0 aliphatic carbocycles. The number of para-hydroxylation sites is 2. The van der Waals surface area contributed by atoms with Gasteiger partial charge in [0.2, 0.25) is 5.75 Å². The Balaban J connectivity index is 0.000000808. The highest BCUT2D eigenvalue weighted by Crippen LogP contribution is 2.43. The first-order valence-corrected chi connectivity index (χ1v) is 19.1. The number of ether oxygens (including phenoxy) is 3. The smallest absolute Gasteiger partial charge is 0.261 e. The minimum Gasteiger partial charge on any atom is -0.493 e. The second-order valence-electron chi connectivity index (χ2n) is 13.6. The topological polar surface area (TPSA) is 124 Å². The molecule has 4 aliphatic heterocycles. The Kier molecular flexibility index (Phi) is 10.8. The van der Waals surface area contributed by atoms with Crippen molar-refractivity contribution in [1.82, 2.24) is 15.1 Å². The van der Waals surface area contributed by atoms with Gasteiger partial charge >= 0.3 is 0 Å². The molecule has 3 aromatic carbocycles. The van der Waals surface area contributed by atoms with Crippen LogP contribution in [-0.2, 0) is 15.5 Å². The van der Waals surface area contributed by atoms with E-state index in [9.17, 15) is 13.2 Å². The van der Waals surface area contributed by atoms with Gasteiger partial charge in [-0.15, -0.1) is 0 Å². The molecule has 4 heterocycles. The maximum Gasteiger partial charge on any atom is 0.261 e. The number of carbonyl (C=O) groups excluding carboxylic acids is 1. The number of benzene rings is 3. The summed E-state index contributed by atoms with van der Waals surface area (Å²) in [5, 5.41) is 3.99. The Morgan fingerprint density at radius 1 is 0.860 bits per heavy atom. The fourth-order valence-corrected chi connectivity index (χ4v) is 7.98. The molecule has 3 aromatic rings. The number of piperidine rings is 1. The third kappa shape index (κ3) is 7.65. The second-order valence-corrected chi connectivity index (χ2v) is 15.0. The molecule has 2 N–H and O–H groups in total. The standard InChI is InChI=1S/C36H45N5O4.CH4O3S/c1-43-31-23-26(24-32(44-2)33(31)45-3)34(42)39-20-16-36(25-39,27-9-5-4-6-10-27)15-19-38-17-13-28(14-18-38)37-35-40-21-22-41(35)30-12-8-7-11-29(30)40;1-5(2,3)4/h4-12,23-24,28,35,37H,13-22,25H2,1-3H3;1H3,(H,2,3,4). The van der Waals surface area contributed by atoms with E-state index in [-0.39, 0.29) is 17.6 Å². The molecule has 1 atom stereocenters. The average molecular weight is 708 g/mol. The summed E-state index contributed by atoms with van der Waals surface area (Å²) in [6.45, 7) is 6.81. The van der Waals surface area contributed by atoms with E-state index >= 15 is 0 Å². The molecule has 1 amide bonds. The Morgan fingerprint density at radius 3 is 1.96 bits per heavy atom. The van der Waals surface area contributed by atoms with Crippen LogP contribution in [0, 0.1) is 0 Å². The maximum atomic E-state index is 13.9. The maximum absolute atomic E-state index is 13.9. The Labute approximate surface area is 295 Å². The van der Waals surface area contributed by atoms with Gasteiger partial charge in [0.1, 0.15) is 0 Å². The number of nitrogens with zero attached hydrogens (tertiary/aromatic N) is 4. The van der Waals surface area contributed by atoms with Crippen LogP contribution in [0.5, 0.6) is 17.2 Å². The van der Waals surface area contributed by atoms with Gasteiger partial charge < -0.3 is 33.8 Å². The molecule has 2 bridgehead atoms. The van der Waals surface area contributed by atoms with Crippen molar-refractivity contribution in [3.05, 3.63) is 77.9 Å². The monoisotopic (exact) mass is 707 g/mol. The molecule has 0 saturated carbocycles. The van der Waals surface area contributed by atoms with E-state index in [2.05, 4.69) is 74.6 Å². The summed E-state index contributed by atoms with van der Waals surface area (Å²) >= 11 is 0. The van der Waals surface area contributed by atoms with Gasteiger partial charge in [-0.2, -0.15) is 8.42 Å². The van der Waals surface area contributed by atoms with Crippen LogP contribution < -0.4 is 29.3 Å². The molecular formula is C37H49N5O7S. The first-order chi connectivity index (χ1) is 24.0. The van der Waals surface area contributed by atoms with Crippen molar-refractivity contribution in [2.24, 2.45) is 0 Å². The summed E-state index contributed by atoms with van der Waals surface area (Å²) in [6.07, 6.45) is 5.27. The Morgan fingerprint density at radius 2 is 1.42 bits per heavy atom. The van der Waals surface area contributed by atoms with E-state index in [1.165, 1.54) is 16.9 Å². The van der Waals surface area contributed by atoms with Crippen LogP contribution >= 0.6 is 0 Å². The predicted molar refractivity (Wildman–Crippen MR) is 194 cm³/mol. The largest absolute Gasteiger partial charge is 0.493 e. The number of carbonyl (C=O) groups is 1. The molecule has 3 fully saturated rings. The quantitative estimate of drug-likeness (QED) is 0.297. The van der Waals surface area contributed by atoms with Gasteiger partial charge in [-0.05, 0) is 75.1 Å². The van der Waals surface area contributed by atoms with E-state index < -0.39 is 10.1 Å². The van der Waals surface area contributed by atoms with E-state index in [0.29, 0.717) is 48.2 Å². The van der Waals surface area contributed by atoms with E-state index in [1.54, 1.807) is 33.5 Å². The molecule has 0 spiro atoms. The number of methoxy groups -OCH3 is 3. The molecular weight excluding hydrogens is 659 g/mol. The van der Waals surface area contributed by atoms with Crippen molar-refractivity contribution >= 4 is 27.4 Å².